The van der Waals surface area contributed by atoms with Crippen LogP contribution in [0, 0.1) is 11.3 Å². The Balaban J connectivity index is 1.65. The van der Waals surface area contributed by atoms with Crippen molar-refractivity contribution in [1.29, 1.82) is 5.26 Å². The Morgan fingerprint density at radius 3 is 2.38 bits per heavy atom. The molecule has 0 unspecified atom stereocenters. The molecule has 3 aromatic rings. The van der Waals surface area contributed by atoms with Gasteiger partial charge in [-0.25, -0.2) is 4.98 Å². The number of hydrogen-bond acceptors (Lipinski definition) is 7. The molecule has 0 amide bonds. The first-order valence-corrected chi connectivity index (χ1v) is 10.9. The maximum absolute atomic E-state index is 9.17. The summed E-state index contributed by atoms with van der Waals surface area (Å²) in [6.07, 6.45) is 2.06. The minimum Gasteiger partial charge on any atom is -0.496 e. The molecule has 0 aliphatic carbocycles. The quantitative estimate of drug-likeness (QED) is 0.660. The maximum atomic E-state index is 9.17. The molecule has 1 aliphatic heterocycles. The molecule has 32 heavy (non-hydrogen) atoms. The maximum Gasteiger partial charge on any atom is 0.151 e. The van der Waals surface area contributed by atoms with Gasteiger partial charge in [0.15, 0.2) is 5.82 Å². The summed E-state index contributed by atoms with van der Waals surface area (Å²) in [6.45, 7) is 9.01. The molecule has 7 heteroatoms. The van der Waals surface area contributed by atoms with Gasteiger partial charge < -0.3 is 15.0 Å². The van der Waals surface area contributed by atoms with Crippen molar-refractivity contribution in [2.24, 2.45) is 0 Å². The van der Waals surface area contributed by atoms with Gasteiger partial charge in [0, 0.05) is 35.1 Å². The van der Waals surface area contributed by atoms with Gasteiger partial charge in [0.1, 0.15) is 17.5 Å². The monoisotopic (exact) mass is 430 g/mol. The van der Waals surface area contributed by atoms with E-state index in [1.165, 1.54) is 0 Å². The number of anilines is 1. The van der Waals surface area contributed by atoms with Gasteiger partial charge in [-0.1, -0.05) is 0 Å². The van der Waals surface area contributed by atoms with E-state index in [-0.39, 0.29) is 11.1 Å². The van der Waals surface area contributed by atoms with Crippen LogP contribution in [0.2, 0.25) is 0 Å². The van der Waals surface area contributed by atoms with E-state index in [0.717, 1.165) is 35.1 Å². The average Bonchev–Trinajstić information content (AvgIpc) is 2.75. The summed E-state index contributed by atoms with van der Waals surface area (Å²) in [6, 6.07) is 13.8. The molecule has 0 saturated carbocycles. The van der Waals surface area contributed by atoms with Gasteiger partial charge in [0.05, 0.1) is 18.3 Å². The lowest BCUT2D eigenvalue weighted by Gasteiger charge is -2.49. The fraction of sp³-hybridized carbons (Fsp3) is 0.440. The van der Waals surface area contributed by atoms with Crippen LogP contribution in [-0.2, 0) is 0 Å². The van der Waals surface area contributed by atoms with E-state index in [1.807, 2.05) is 30.3 Å². The lowest BCUT2D eigenvalue weighted by molar-refractivity contribution is 0.160. The molecule has 1 aromatic carbocycles. The number of fused-ring (bicyclic) bond motifs is 1. The Kier molecular flexibility index (Phi) is 5.51. The first kappa shape index (κ1) is 22.0. The van der Waals surface area contributed by atoms with Gasteiger partial charge in [0.2, 0.25) is 0 Å². The van der Waals surface area contributed by atoms with Crippen LogP contribution < -0.4 is 15.0 Å². The minimum atomic E-state index is 0.0573. The van der Waals surface area contributed by atoms with Gasteiger partial charge >= 0.3 is 0 Å². The summed E-state index contributed by atoms with van der Waals surface area (Å²) in [4.78, 5) is 6.65. The SMILES string of the molecule is COc1cc2ccc(C#N)nc2cc1-c1ccc(N(C)C2CC(C)(C)NC(C)(C)C2)nn1. The average molecular weight is 431 g/mol. The van der Waals surface area contributed by atoms with Crippen LogP contribution in [0.3, 0.4) is 0 Å². The molecule has 4 rings (SSSR count). The summed E-state index contributed by atoms with van der Waals surface area (Å²) in [5.41, 5.74) is 2.72. The van der Waals surface area contributed by atoms with E-state index in [4.69, 9.17) is 4.74 Å². The van der Waals surface area contributed by atoms with Crippen LogP contribution in [-0.4, -0.2) is 46.5 Å². The zero-order valence-corrected chi connectivity index (χ0v) is 19.6. The molecule has 1 saturated heterocycles. The Labute approximate surface area is 189 Å². The van der Waals surface area contributed by atoms with Gasteiger partial charge in [-0.15, -0.1) is 10.2 Å². The number of nitrogens with one attached hydrogen (secondary N) is 1. The standard InChI is InChI=1S/C25H30N6O/c1-24(2)13-18(14-25(3,4)30-24)31(5)23-10-9-20(28-29-23)19-12-21-16(11-22(19)32-6)7-8-17(15-26)27-21/h7-12,18,30H,13-14H2,1-6H3. The highest BCUT2D eigenvalue weighted by Crippen LogP contribution is 2.35. The second kappa shape index (κ2) is 8.03. The largest absolute Gasteiger partial charge is 0.496 e. The van der Waals surface area contributed by atoms with Crippen LogP contribution in [0.5, 0.6) is 5.75 Å². The first-order chi connectivity index (χ1) is 15.1. The van der Waals surface area contributed by atoms with Crippen LogP contribution in [0.4, 0.5) is 5.82 Å². The fourth-order valence-electron chi connectivity index (χ4n) is 4.97. The summed E-state index contributed by atoms with van der Waals surface area (Å²) >= 11 is 0. The summed E-state index contributed by atoms with van der Waals surface area (Å²) < 4.78 is 5.61. The number of hydrogen-bond donors (Lipinski definition) is 1. The van der Waals surface area contributed by atoms with E-state index in [2.05, 4.69) is 66.2 Å². The predicted octanol–water partition coefficient (Wildman–Crippen LogP) is 4.32. The number of nitrogens with zero attached hydrogens (tertiary/aromatic N) is 5. The van der Waals surface area contributed by atoms with Crippen LogP contribution >= 0.6 is 0 Å². The van der Waals surface area contributed by atoms with Crippen molar-refractivity contribution in [3.8, 4) is 23.1 Å². The molecular weight excluding hydrogens is 400 g/mol. The molecule has 7 nitrogen and oxygen atoms in total. The van der Waals surface area contributed by atoms with E-state index >= 15 is 0 Å². The zero-order chi connectivity index (χ0) is 23.1. The highest BCUT2D eigenvalue weighted by Gasteiger charge is 2.39. The number of methoxy groups -OCH3 is 1. The topological polar surface area (TPSA) is 87.0 Å². The molecule has 166 valence electrons. The van der Waals surface area contributed by atoms with Crippen molar-refractivity contribution in [3.05, 3.63) is 42.1 Å². The molecule has 1 fully saturated rings. The van der Waals surface area contributed by atoms with Gasteiger partial charge in [-0.2, -0.15) is 5.26 Å². The molecule has 3 heterocycles. The first-order valence-electron chi connectivity index (χ1n) is 10.9. The van der Waals surface area contributed by atoms with Gasteiger partial charge in [-0.3, -0.25) is 0 Å². The third kappa shape index (κ3) is 4.37. The molecule has 0 atom stereocenters. The Hall–Kier alpha value is -3.24. The van der Waals surface area contributed by atoms with Crippen molar-refractivity contribution in [1.82, 2.24) is 20.5 Å². The number of aromatic nitrogens is 3. The Bertz CT molecular complexity index is 1160. The van der Waals surface area contributed by atoms with Crippen LogP contribution in [0.15, 0.2) is 36.4 Å². The summed E-state index contributed by atoms with van der Waals surface area (Å²) in [7, 11) is 3.73. The van der Waals surface area contributed by atoms with E-state index in [9.17, 15) is 5.26 Å². The second-order valence-corrected chi connectivity index (χ2v) is 9.90. The summed E-state index contributed by atoms with van der Waals surface area (Å²) in [5, 5.41) is 22.9. The van der Waals surface area contributed by atoms with Gasteiger partial charge in [0.25, 0.3) is 0 Å². The number of rotatable bonds is 4. The smallest absolute Gasteiger partial charge is 0.151 e. The predicted molar refractivity (Wildman–Crippen MR) is 127 cm³/mol. The molecular formula is C25H30N6O. The van der Waals surface area contributed by atoms with Crippen LogP contribution in [0.25, 0.3) is 22.2 Å². The normalized spacial score (nSPS) is 17.7. The van der Waals surface area contributed by atoms with Gasteiger partial charge in [-0.05, 0) is 76.9 Å². The van der Waals surface area contributed by atoms with Crippen molar-refractivity contribution in [2.75, 3.05) is 19.1 Å². The Morgan fingerprint density at radius 1 is 1.06 bits per heavy atom. The zero-order valence-electron chi connectivity index (χ0n) is 19.6. The third-order valence-electron chi connectivity index (χ3n) is 6.13. The van der Waals surface area contributed by atoms with E-state index in [0.29, 0.717) is 23.2 Å². The van der Waals surface area contributed by atoms with Crippen molar-refractivity contribution in [3.63, 3.8) is 0 Å². The lowest BCUT2D eigenvalue weighted by atomic mass is 9.79. The second-order valence-electron chi connectivity index (χ2n) is 9.90. The van der Waals surface area contributed by atoms with Crippen molar-refractivity contribution < 1.29 is 4.74 Å². The Morgan fingerprint density at radius 2 is 1.78 bits per heavy atom. The number of piperidine rings is 1. The van der Waals surface area contributed by atoms with Crippen LogP contribution in [0.1, 0.15) is 46.2 Å². The molecule has 1 N–H and O–H groups in total. The number of benzene rings is 1. The summed E-state index contributed by atoms with van der Waals surface area (Å²) in [5.74, 6) is 1.54. The van der Waals surface area contributed by atoms with Crippen molar-refractivity contribution >= 4 is 16.7 Å². The lowest BCUT2D eigenvalue weighted by Crippen LogP contribution is -2.62. The molecule has 2 aromatic heterocycles. The molecule has 1 aliphatic rings. The number of ether oxygens (including phenoxy) is 1. The number of pyridine rings is 1. The third-order valence-corrected chi connectivity index (χ3v) is 6.13. The molecule has 0 radical (unpaired) electrons. The molecule has 0 bridgehead atoms. The highest BCUT2D eigenvalue weighted by molar-refractivity contribution is 5.87. The van der Waals surface area contributed by atoms with Crippen molar-refractivity contribution in [2.45, 2.75) is 57.7 Å². The van der Waals surface area contributed by atoms with E-state index in [1.54, 1.807) is 13.2 Å². The highest BCUT2D eigenvalue weighted by atomic mass is 16.5. The van der Waals surface area contributed by atoms with E-state index < -0.39 is 0 Å². The molecule has 0 spiro atoms. The number of nitriles is 1. The fourth-order valence-corrected chi connectivity index (χ4v) is 4.97. The minimum absolute atomic E-state index is 0.0573.